The lowest BCUT2D eigenvalue weighted by Gasteiger charge is -2.21. The van der Waals surface area contributed by atoms with Gasteiger partial charge in [-0.2, -0.15) is 0 Å². The van der Waals surface area contributed by atoms with Crippen LogP contribution in [0.5, 0.6) is 5.88 Å². The molecule has 1 aromatic heterocycles. The number of aromatic nitrogens is 1. The molecule has 0 atom stereocenters. The maximum Gasteiger partial charge on any atom is 0.227 e. The molecule has 0 aliphatic carbocycles. The summed E-state index contributed by atoms with van der Waals surface area (Å²) < 4.78 is 6.07. The molecule has 0 radical (unpaired) electrons. The number of methoxy groups -OCH3 is 1. The second kappa shape index (κ2) is 3.66. The Labute approximate surface area is 87.5 Å². The second-order valence-corrected chi connectivity index (χ2v) is 4.72. The van der Waals surface area contributed by atoms with E-state index in [0.717, 1.165) is 4.47 Å². The van der Waals surface area contributed by atoms with Crippen molar-refractivity contribution in [3.63, 3.8) is 0 Å². The summed E-state index contributed by atoms with van der Waals surface area (Å²) in [6.07, 6.45) is 1.77. The van der Waals surface area contributed by atoms with Gasteiger partial charge in [-0.05, 0) is 33.0 Å². The number of rotatable bonds is 1. The summed E-state index contributed by atoms with van der Waals surface area (Å²) in [5, 5.41) is 0. The van der Waals surface area contributed by atoms with E-state index in [1.54, 1.807) is 13.3 Å². The SMILES string of the molecule is COc1nccc(C(C)(C)C)c1Br. The van der Waals surface area contributed by atoms with Crippen molar-refractivity contribution in [3.05, 3.63) is 22.3 Å². The van der Waals surface area contributed by atoms with Crippen LogP contribution in [0.2, 0.25) is 0 Å². The van der Waals surface area contributed by atoms with Gasteiger partial charge in [0.05, 0.1) is 11.6 Å². The predicted octanol–water partition coefficient (Wildman–Crippen LogP) is 3.15. The molecule has 2 nitrogen and oxygen atoms in total. The van der Waals surface area contributed by atoms with E-state index in [0.29, 0.717) is 5.88 Å². The van der Waals surface area contributed by atoms with E-state index >= 15 is 0 Å². The predicted molar refractivity (Wildman–Crippen MR) is 57.2 cm³/mol. The van der Waals surface area contributed by atoms with E-state index in [-0.39, 0.29) is 5.41 Å². The summed E-state index contributed by atoms with van der Waals surface area (Å²) in [6.45, 7) is 6.48. The van der Waals surface area contributed by atoms with E-state index in [9.17, 15) is 0 Å². The molecule has 0 aromatic carbocycles. The topological polar surface area (TPSA) is 22.1 Å². The van der Waals surface area contributed by atoms with Crippen molar-refractivity contribution in [1.82, 2.24) is 4.98 Å². The molecule has 3 heteroatoms. The van der Waals surface area contributed by atoms with Crippen molar-refractivity contribution in [2.24, 2.45) is 0 Å². The lowest BCUT2D eigenvalue weighted by molar-refractivity contribution is 0.392. The number of halogens is 1. The van der Waals surface area contributed by atoms with E-state index in [2.05, 4.69) is 41.7 Å². The number of pyridine rings is 1. The molecule has 0 unspecified atom stereocenters. The van der Waals surface area contributed by atoms with Gasteiger partial charge in [-0.3, -0.25) is 0 Å². The Hall–Kier alpha value is -0.570. The van der Waals surface area contributed by atoms with Crippen LogP contribution in [0, 0.1) is 0 Å². The number of hydrogen-bond acceptors (Lipinski definition) is 2. The van der Waals surface area contributed by atoms with Crippen LogP contribution < -0.4 is 4.74 Å². The molecule has 0 spiro atoms. The largest absolute Gasteiger partial charge is 0.480 e. The molecule has 0 bridgehead atoms. The van der Waals surface area contributed by atoms with Crippen molar-refractivity contribution < 1.29 is 4.74 Å². The first-order valence-electron chi connectivity index (χ1n) is 4.16. The molecule has 0 amide bonds. The molecule has 0 aliphatic rings. The molecule has 13 heavy (non-hydrogen) atoms. The molecule has 1 aromatic rings. The summed E-state index contributed by atoms with van der Waals surface area (Å²) in [5.74, 6) is 0.646. The highest BCUT2D eigenvalue weighted by atomic mass is 79.9. The van der Waals surface area contributed by atoms with Crippen molar-refractivity contribution >= 4 is 15.9 Å². The number of nitrogens with zero attached hydrogens (tertiary/aromatic N) is 1. The Balaban J connectivity index is 3.24. The second-order valence-electron chi connectivity index (χ2n) is 3.93. The van der Waals surface area contributed by atoms with Gasteiger partial charge in [-0.25, -0.2) is 4.98 Å². The fraction of sp³-hybridized carbons (Fsp3) is 0.500. The summed E-state index contributed by atoms with van der Waals surface area (Å²) >= 11 is 3.49. The normalized spacial score (nSPS) is 11.5. The number of hydrogen-bond donors (Lipinski definition) is 0. The molecule has 72 valence electrons. The third-order valence-corrected chi connectivity index (χ3v) is 2.62. The highest BCUT2D eigenvalue weighted by molar-refractivity contribution is 9.10. The van der Waals surface area contributed by atoms with Gasteiger partial charge in [0.25, 0.3) is 0 Å². The minimum atomic E-state index is 0.106. The van der Waals surface area contributed by atoms with Crippen LogP contribution in [0.3, 0.4) is 0 Å². The first-order valence-corrected chi connectivity index (χ1v) is 4.95. The van der Waals surface area contributed by atoms with Crippen LogP contribution in [0.1, 0.15) is 26.3 Å². The molecule has 0 saturated heterocycles. The van der Waals surface area contributed by atoms with Crippen LogP contribution in [-0.4, -0.2) is 12.1 Å². The monoisotopic (exact) mass is 243 g/mol. The lowest BCUT2D eigenvalue weighted by atomic mass is 9.88. The van der Waals surface area contributed by atoms with Gasteiger partial charge in [-0.15, -0.1) is 0 Å². The van der Waals surface area contributed by atoms with Gasteiger partial charge in [0.1, 0.15) is 0 Å². The maximum absolute atomic E-state index is 5.12. The van der Waals surface area contributed by atoms with Crippen LogP contribution in [0.4, 0.5) is 0 Å². The Morgan fingerprint density at radius 1 is 1.38 bits per heavy atom. The summed E-state index contributed by atoms with van der Waals surface area (Å²) in [6, 6.07) is 2.01. The quantitative estimate of drug-likeness (QED) is 0.757. The van der Waals surface area contributed by atoms with Gasteiger partial charge in [0.15, 0.2) is 0 Å². The zero-order chi connectivity index (χ0) is 10.1. The third-order valence-electron chi connectivity index (χ3n) is 1.86. The molecule has 0 saturated carbocycles. The van der Waals surface area contributed by atoms with Gasteiger partial charge in [0.2, 0.25) is 5.88 Å². The van der Waals surface area contributed by atoms with E-state index in [1.807, 2.05) is 6.07 Å². The third kappa shape index (κ3) is 2.21. The van der Waals surface area contributed by atoms with Gasteiger partial charge in [-0.1, -0.05) is 20.8 Å². The van der Waals surface area contributed by atoms with Crippen molar-refractivity contribution in [1.29, 1.82) is 0 Å². The van der Waals surface area contributed by atoms with Crippen molar-refractivity contribution in [3.8, 4) is 5.88 Å². The summed E-state index contributed by atoms with van der Waals surface area (Å²) in [7, 11) is 1.62. The smallest absolute Gasteiger partial charge is 0.227 e. The van der Waals surface area contributed by atoms with Crippen molar-refractivity contribution in [2.75, 3.05) is 7.11 Å². The fourth-order valence-corrected chi connectivity index (χ4v) is 2.14. The first kappa shape index (κ1) is 10.5. The molecule has 0 N–H and O–H groups in total. The van der Waals surface area contributed by atoms with E-state index in [4.69, 9.17) is 4.74 Å². The van der Waals surface area contributed by atoms with Crippen LogP contribution in [0.15, 0.2) is 16.7 Å². The summed E-state index contributed by atoms with van der Waals surface area (Å²) in [5.41, 5.74) is 1.31. The van der Waals surface area contributed by atoms with Crippen LogP contribution >= 0.6 is 15.9 Å². The minimum Gasteiger partial charge on any atom is -0.480 e. The fourth-order valence-electron chi connectivity index (χ4n) is 1.15. The van der Waals surface area contributed by atoms with Gasteiger partial charge < -0.3 is 4.74 Å². The number of ether oxygens (including phenoxy) is 1. The first-order chi connectivity index (χ1) is 5.96. The van der Waals surface area contributed by atoms with E-state index < -0.39 is 0 Å². The highest BCUT2D eigenvalue weighted by Gasteiger charge is 2.19. The van der Waals surface area contributed by atoms with Crippen molar-refractivity contribution in [2.45, 2.75) is 26.2 Å². The highest BCUT2D eigenvalue weighted by Crippen LogP contribution is 2.34. The van der Waals surface area contributed by atoms with Gasteiger partial charge in [0, 0.05) is 6.20 Å². The Kier molecular flexibility index (Phi) is 2.96. The average Bonchev–Trinajstić information content (AvgIpc) is 2.02. The molecule has 0 aliphatic heterocycles. The van der Waals surface area contributed by atoms with Crippen LogP contribution in [-0.2, 0) is 5.41 Å². The molecular formula is C10H14BrNO. The zero-order valence-corrected chi connectivity index (χ0v) is 9.97. The zero-order valence-electron chi connectivity index (χ0n) is 8.39. The van der Waals surface area contributed by atoms with Gasteiger partial charge >= 0.3 is 0 Å². The van der Waals surface area contributed by atoms with Crippen LogP contribution in [0.25, 0.3) is 0 Å². The Bertz CT molecular complexity index is 304. The molecule has 0 fully saturated rings. The molecule has 1 heterocycles. The average molecular weight is 244 g/mol. The maximum atomic E-state index is 5.12. The van der Waals surface area contributed by atoms with E-state index in [1.165, 1.54) is 5.56 Å². The molecule has 1 rings (SSSR count). The summed E-state index contributed by atoms with van der Waals surface area (Å²) in [4.78, 5) is 4.10. The Morgan fingerprint density at radius 2 is 2.00 bits per heavy atom. The Morgan fingerprint density at radius 3 is 2.46 bits per heavy atom. The lowest BCUT2D eigenvalue weighted by Crippen LogP contribution is -2.12. The standard InChI is InChI=1S/C10H14BrNO/c1-10(2,3)7-5-6-12-9(13-4)8(7)11/h5-6H,1-4H3. The molecular weight excluding hydrogens is 230 g/mol. The minimum absolute atomic E-state index is 0.106.